The van der Waals surface area contributed by atoms with Gasteiger partial charge in [-0.05, 0) is 36.2 Å². The summed E-state index contributed by atoms with van der Waals surface area (Å²) in [7, 11) is 0. The van der Waals surface area contributed by atoms with Crippen LogP contribution >= 0.6 is 0 Å². The summed E-state index contributed by atoms with van der Waals surface area (Å²) in [6, 6.07) is 17.1. The zero-order valence-electron chi connectivity index (χ0n) is 14.9. The van der Waals surface area contributed by atoms with E-state index in [1.54, 1.807) is 12.3 Å². The summed E-state index contributed by atoms with van der Waals surface area (Å²) >= 11 is 0. The molecule has 1 heterocycles. The van der Waals surface area contributed by atoms with Gasteiger partial charge in [-0.15, -0.1) is 0 Å². The zero-order valence-corrected chi connectivity index (χ0v) is 14.9. The Kier molecular flexibility index (Phi) is 5.27. The molecule has 0 aliphatic carbocycles. The van der Waals surface area contributed by atoms with E-state index < -0.39 is 0 Å². The van der Waals surface area contributed by atoms with E-state index in [0.29, 0.717) is 16.9 Å². The Bertz CT molecular complexity index is 930. The lowest BCUT2D eigenvalue weighted by Gasteiger charge is -2.22. The molecule has 132 valence electrons. The molecule has 1 N–H and O–H groups in total. The summed E-state index contributed by atoms with van der Waals surface area (Å²) in [6.45, 7) is 3.46. The molecular weight excluding hydrogens is 326 g/mol. The molecule has 0 saturated carbocycles. The highest BCUT2D eigenvalue weighted by Gasteiger charge is 2.18. The van der Waals surface area contributed by atoms with Gasteiger partial charge < -0.3 is 10.2 Å². The molecule has 5 heteroatoms. The van der Waals surface area contributed by atoms with E-state index >= 15 is 0 Å². The van der Waals surface area contributed by atoms with Gasteiger partial charge in [0.15, 0.2) is 0 Å². The van der Waals surface area contributed by atoms with Crippen molar-refractivity contribution in [2.24, 2.45) is 0 Å². The van der Waals surface area contributed by atoms with Crippen LogP contribution in [0.1, 0.15) is 19.4 Å². The Morgan fingerprint density at radius 1 is 1.04 bits per heavy atom. The molecule has 3 aromatic rings. The van der Waals surface area contributed by atoms with Crippen LogP contribution in [0.15, 0.2) is 60.8 Å². The summed E-state index contributed by atoms with van der Waals surface area (Å²) in [6.07, 6.45) is 2.62. The topological polar surface area (TPSA) is 62.3 Å². The van der Waals surface area contributed by atoms with Crippen LogP contribution in [0.3, 0.4) is 0 Å². The number of rotatable bonds is 5. The van der Waals surface area contributed by atoms with Crippen molar-refractivity contribution in [3.05, 3.63) is 66.4 Å². The second-order valence-electron chi connectivity index (χ2n) is 6.06. The number of hydrogen-bond acceptors (Lipinski definition) is 3. The SMILES string of the molecule is CCc1ccc(NC(=O)CN(C(C)=O)c2cccc3cccnc23)cc1. The second-order valence-corrected chi connectivity index (χ2v) is 6.06. The van der Waals surface area contributed by atoms with Crippen molar-refractivity contribution in [3.8, 4) is 0 Å². The van der Waals surface area contributed by atoms with Gasteiger partial charge in [0.2, 0.25) is 11.8 Å². The smallest absolute Gasteiger partial charge is 0.244 e. The fraction of sp³-hybridized carbons (Fsp3) is 0.190. The molecule has 26 heavy (non-hydrogen) atoms. The lowest BCUT2D eigenvalue weighted by atomic mass is 10.1. The molecule has 0 radical (unpaired) electrons. The van der Waals surface area contributed by atoms with Crippen LogP contribution in [0, 0.1) is 0 Å². The summed E-state index contributed by atoms with van der Waals surface area (Å²) in [5.41, 5.74) is 3.25. The number of nitrogens with zero attached hydrogens (tertiary/aromatic N) is 2. The summed E-state index contributed by atoms with van der Waals surface area (Å²) in [5.74, 6) is -0.461. The van der Waals surface area contributed by atoms with Crippen LogP contribution in [0.4, 0.5) is 11.4 Å². The highest BCUT2D eigenvalue weighted by molar-refractivity contribution is 6.06. The standard InChI is InChI=1S/C21H21N3O2/c1-3-16-9-11-18(12-10-16)23-20(26)14-24(15(2)25)19-8-4-6-17-7-5-13-22-21(17)19/h4-13H,3,14H2,1-2H3,(H,23,26). The minimum Gasteiger partial charge on any atom is -0.325 e. The average Bonchev–Trinajstić information content (AvgIpc) is 2.66. The number of carbonyl (C=O) groups excluding carboxylic acids is 2. The van der Waals surface area contributed by atoms with E-state index in [0.717, 1.165) is 11.8 Å². The third-order valence-corrected chi connectivity index (χ3v) is 4.23. The normalized spacial score (nSPS) is 10.5. The Hall–Kier alpha value is -3.21. The summed E-state index contributed by atoms with van der Waals surface area (Å²) in [5, 5.41) is 3.77. The van der Waals surface area contributed by atoms with E-state index in [9.17, 15) is 9.59 Å². The number of aromatic nitrogens is 1. The van der Waals surface area contributed by atoms with Gasteiger partial charge in [-0.3, -0.25) is 14.6 Å². The number of pyridine rings is 1. The Labute approximate surface area is 152 Å². The largest absolute Gasteiger partial charge is 0.325 e. The van der Waals surface area contributed by atoms with E-state index in [-0.39, 0.29) is 18.4 Å². The third-order valence-electron chi connectivity index (χ3n) is 4.23. The van der Waals surface area contributed by atoms with Crippen LogP contribution in [0.2, 0.25) is 0 Å². The predicted molar refractivity (Wildman–Crippen MR) is 104 cm³/mol. The maximum absolute atomic E-state index is 12.5. The van der Waals surface area contributed by atoms with Gasteiger partial charge in [-0.25, -0.2) is 0 Å². The molecular formula is C21H21N3O2. The number of benzene rings is 2. The van der Waals surface area contributed by atoms with Crippen molar-refractivity contribution in [3.63, 3.8) is 0 Å². The fourth-order valence-electron chi connectivity index (χ4n) is 2.84. The van der Waals surface area contributed by atoms with Gasteiger partial charge in [0.25, 0.3) is 0 Å². The molecule has 0 atom stereocenters. The quantitative estimate of drug-likeness (QED) is 0.764. The summed E-state index contributed by atoms with van der Waals surface area (Å²) in [4.78, 5) is 30.5. The van der Waals surface area contributed by atoms with E-state index in [1.807, 2.05) is 48.5 Å². The van der Waals surface area contributed by atoms with Crippen LogP contribution in [-0.4, -0.2) is 23.3 Å². The minimum absolute atomic E-state index is 0.0689. The molecule has 2 aromatic carbocycles. The highest BCUT2D eigenvalue weighted by atomic mass is 16.2. The first kappa shape index (κ1) is 17.6. The number of anilines is 2. The van der Waals surface area contributed by atoms with Gasteiger partial charge in [0.1, 0.15) is 6.54 Å². The molecule has 0 fully saturated rings. The summed E-state index contributed by atoms with van der Waals surface area (Å²) < 4.78 is 0. The van der Waals surface area contributed by atoms with E-state index in [2.05, 4.69) is 17.2 Å². The monoisotopic (exact) mass is 347 g/mol. The van der Waals surface area contributed by atoms with Crippen molar-refractivity contribution >= 4 is 34.1 Å². The Balaban J connectivity index is 1.81. The minimum atomic E-state index is -0.252. The molecule has 0 spiro atoms. The number of nitrogens with one attached hydrogen (secondary N) is 1. The highest BCUT2D eigenvalue weighted by Crippen LogP contribution is 2.25. The van der Waals surface area contributed by atoms with Gasteiger partial charge in [0.05, 0.1) is 11.2 Å². The maximum atomic E-state index is 12.5. The molecule has 0 aliphatic rings. The van der Waals surface area contributed by atoms with Crippen molar-refractivity contribution in [2.75, 3.05) is 16.8 Å². The first-order valence-electron chi connectivity index (χ1n) is 8.59. The number of para-hydroxylation sites is 1. The van der Waals surface area contributed by atoms with Gasteiger partial charge in [-0.2, -0.15) is 0 Å². The van der Waals surface area contributed by atoms with Crippen LogP contribution in [0.25, 0.3) is 10.9 Å². The molecule has 0 unspecified atom stereocenters. The van der Waals surface area contributed by atoms with E-state index in [1.165, 1.54) is 17.4 Å². The number of fused-ring (bicyclic) bond motifs is 1. The molecule has 0 saturated heterocycles. The van der Waals surface area contributed by atoms with Crippen LogP contribution < -0.4 is 10.2 Å². The third kappa shape index (κ3) is 3.88. The average molecular weight is 347 g/mol. The number of carbonyl (C=O) groups is 2. The molecule has 0 aliphatic heterocycles. The van der Waals surface area contributed by atoms with Crippen molar-refractivity contribution in [2.45, 2.75) is 20.3 Å². The first-order chi connectivity index (χ1) is 12.6. The van der Waals surface area contributed by atoms with Crippen molar-refractivity contribution < 1.29 is 9.59 Å². The van der Waals surface area contributed by atoms with E-state index in [4.69, 9.17) is 0 Å². The fourth-order valence-corrected chi connectivity index (χ4v) is 2.84. The van der Waals surface area contributed by atoms with Gasteiger partial charge >= 0.3 is 0 Å². The maximum Gasteiger partial charge on any atom is 0.244 e. The molecule has 3 rings (SSSR count). The van der Waals surface area contributed by atoms with Gasteiger partial charge in [0, 0.05) is 24.2 Å². The molecule has 1 aromatic heterocycles. The van der Waals surface area contributed by atoms with Gasteiger partial charge in [-0.1, -0.05) is 37.3 Å². The van der Waals surface area contributed by atoms with Crippen LogP contribution in [0.5, 0.6) is 0 Å². The lowest BCUT2D eigenvalue weighted by Crippen LogP contribution is -2.36. The molecule has 5 nitrogen and oxygen atoms in total. The predicted octanol–water partition coefficient (Wildman–Crippen LogP) is 3.79. The number of amides is 2. The number of hydrogen-bond donors (Lipinski definition) is 1. The Morgan fingerprint density at radius 3 is 2.46 bits per heavy atom. The first-order valence-corrected chi connectivity index (χ1v) is 8.59. The van der Waals surface area contributed by atoms with Crippen LogP contribution in [-0.2, 0) is 16.0 Å². The molecule has 2 amide bonds. The van der Waals surface area contributed by atoms with Crippen molar-refractivity contribution in [1.29, 1.82) is 0 Å². The van der Waals surface area contributed by atoms with Crippen molar-refractivity contribution in [1.82, 2.24) is 4.98 Å². The zero-order chi connectivity index (χ0) is 18.5. The second kappa shape index (κ2) is 7.78. The lowest BCUT2D eigenvalue weighted by molar-refractivity contribution is -0.120. The number of aryl methyl sites for hydroxylation is 1. The molecule has 0 bridgehead atoms. The Morgan fingerprint density at radius 2 is 1.77 bits per heavy atom.